The Bertz CT molecular complexity index is 427. The zero-order chi connectivity index (χ0) is 14.5. The van der Waals surface area contributed by atoms with Crippen LogP contribution in [0.2, 0.25) is 0 Å². The number of piperazine rings is 1. The summed E-state index contributed by atoms with van der Waals surface area (Å²) in [6.45, 7) is 5.85. The lowest BCUT2D eigenvalue weighted by Crippen LogP contribution is -2.58. The number of aliphatic hydroxyl groups is 1. The first-order chi connectivity index (χ1) is 10.1. The smallest absolute Gasteiger partial charge is 0.238 e. The predicted molar refractivity (Wildman–Crippen MR) is 79.9 cm³/mol. The summed E-state index contributed by atoms with van der Waals surface area (Å²) in [5.41, 5.74) is -0.479. The van der Waals surface area contributed by atoms with E-state index in [-0.39, 0.29) is 17.4 Å². The molecule has 2 aliphatic carbocycles. The maximum Gasteiger partial charge on any atom is 0.238 e. The van der Waals surface area contributed by atoms with Crippen molar-refractivity contribution in [3.63, 3.8) is 0 Å². The van der Waals surface area contributed by atoms with Gasteiger partial charge in [0.15, 0.2) is 0 Å². The van der Waals surface area contributed by atoms with E-state index < -0.39 is 5.60 Å². The second-order valence-electron chi connectivity index (χ2n) is 7.59. The third-order valence-corrected chi connectivity index (χ3v) is 6.42. The van der Waals surface area contributed by atoms with Crippen LogP contribution in [0, 0.1) is 5.41 Å². The fourth-order valence-electron chi connectivity index (χ4n) is 4.47. The van der Waals surface area contributed by atoms with Gasteiger partial charge >= 0.3 is 0 Å². The van der Waals surface area contributed by atoms with Gasteiger partial charge < -0.3 is 10.4 Å². The van der Waals surface area contributed by atoms with E-state index in [0.717, 1.165) is 64.8 Å². The number of hydrogen-bond donors (Lipinski definition) is 2. The molecule has 0 aromatic carbocycles. The molecule has 21 heavy (non-hydrogen) atoms. The molecule has 0 radical (unpaired) electrons. The summed E-state index contributed by atoms with van der Waals surface area (Å²) in [6, 6.07) is 0.0214. The van der Waals surface area contributed by atoms with Crippen molar-refractivity contribution in [1.29, 1.82) is 0 Å². The van der Waals surface area contributed by atoms with Crippen LogP contribution in [0.15, 0.2) is 0 Å². The standard InChI is InChI=1S/C16H27N3O2/c20-14(13-11-18-7-2-8-19(13)10-9-18)17-12-15(5-6-15)16(21)3-1-4-16/h13,21H,1-12H2,(H,17,20). The van der Waals surface area contributed by atoms with Crippen molar-refractivity contribution in [2.75, 3.05) is 39.3 Å². The second kappa shape index (κ2) is 4.93. The summed E-state index contributed by atoms with van der Waals surface area (Å²) < 4.78 is 0. The SMILES string of the molecule is O=C(NCC1(C2(O)CCC2)CC1)C1CN2CCCN1CC2. The average molecular weight is 293 g/mol. The number of carbonyl (C=O) groups is 1. The molecule has 5 heteroatoms. The molecular formula is C16H27N3O2. The van der Waals surface area contributed by atoms with Crippen LogP contribution >= 0.6 is 0 Å². The van der Waals surface area contributed by atoms with Gasteiger partial charge in [0.2, 0.25) is 5.91 Å². The number of hydrogen-bond acceptors (Lipinski definition) is 4. The molecule has 5 nitrogen and oxygen atoms in total. The van der Waals surface area contributed by atoms with Gasteiger partial charge in [-0.3, -0.25) is 14.6 Å². The van der Waals surface area contributed by atoms with E-state index in [1.165, 1.54) is 6.42 Å². The Morgan fingerprint density at radius 3 is 2.57 bits per heavy atom. The first-order valence-electron chi connectivity index (χ1n) is 8.59. The van der Waals surface area contributed by atoms with Gasteiger partial charge in [0.1, 0.15) is 6.04 Å². The van der Waals surface area contributed by atoms with Crippen LogP contribution in [0.1, 0.15) is 38.5 Å². The van der Waals surface area contributed by atoms with Crippen molar-refractivity contribution >= 4 is 5.91 Å². The maximum absolute atomic E-state index is 12.6. The second-order valence-corrected chi connectivity index (χ2v) is 7.59. The minimum absolute atomic E-state index is 0.000271. The maximum atomic E-state index is 12.6. The number of fused-ring (bicyclic) bond motifs is 4. The quantitative estimate of drug-likeness (QED) is 0.777. The van der Waals surface area contributed by atoms with Gasteiger partial charge in [0, 0.05) is 38.1 Å². The molecule has 2 bridgehead atoms. The van der Waals surface area contributed by atoms with Gasteiger partial charge in [0.05, 0.1) is 5.60 Å². The highest BCUT2D eigenvalue weighted by molar-refractivity contribution is 5.82. The van der Waals surface area contributed by atoms with E-state index in [4.69, 9.17) is 0 Å². The molecule has 5 fully saturated rings. The zero-order valence-electron chi connectivity index (χ0n) is 12.8. The van der Waals surface area contributed by atoms with Gasteiger partial charge in [-0.25, -0.2) is 0 Å². The summed E-state index contributed by atoms with van der Waals surface area (Å²) in [5, 5.41) is 13.8. The fraction of sp³-hybridized carbons (Fsp3) is 0.938. The molecule has 3 unspecified atom stereocenters. The summed E-state index contributed by atoms with van der Waals surface area (Å²) >= 11 is 0. The molecule has 2 saturated carbocycles. The van der Waals surface area contributed by atoms with Gasteiger partial charge in [-0.15, -0.1) is 0 Å². The van der Waals surface area contributed by atoms with Crippen LogP contribution < -0.4 is 5.32 Å². The van der Waals surface area contributed by atoms with Crippen LogP contribution in [0.3, 0.4) is 0 Å². The molecule has 3 heterocycles. The van der Waals surface area contributed by atoms with E-state index in [0.29, 0.717) is 6.54 Å². The average Bonchev–Trinajstić information content (AvgIpc) is 3.27. The van der Waals surface area contributed by atoms with Crippen molar-refractivity contribution in [3.8, 4) is 0 Å². The van der Waals surface area contributed by atoms with Crippen molar-refractivity contribution < 1.29 is 9.90 Å². The van der Waals surface area contributed by atoms with Crippen molar-refractivity contribution in [2.45, 2.75) is 50.2 Å². The van der Waals surface area contributed by atoms with Gasteiger partial charge in [-0.05, 0) is 45.1 Å². The topological polar surface area (TPSA) is 55.8 Å². The third kappa shape index (κ3) is 2.30. The van der Waals surface area contributed by atoms with Crippen LogP contribution in [0.5, 0.6) is 0 Å². The molecule has 0 spiro atoms. The highest BCUT2D eigenvalue weighted by atomic mass is 16.3. The first kappa shape index (κ1) is 14.0. The van der Waals surface area contributed by atoms with Gasteiger partial charge in [-0.1, -0.05) is 0 Å². The van der Waals surface area contributed by atoms with Crippen LogP contribution in [0.4, 0.5) is 0 Å². The highest BCUT2D eigenvalue weighted by Gasteiger charge is 2.60. The minimum Gasteiger partial charge on any atom is -0.389 e. The third-order valence-electron chi connectivity index (χ3n) is 6.42. The number of amides is 1. The van der Waals surface area contributed by atoms with E-state index >= 15 is 0 Å². The molecule has 0 aromatic heterocycles. The molecule has 2 N–H and O–H groups in total. The molecule has 118 valence electrons. The van der Waals surface area contributed by atoms with Crippen LogP contribution in [0.25, 0.3) is 0 Å². The summed E-state index contributed by atoms with van der Waals surface area (Å²) in [5.74, 6) is 0.177. The fourth-order valence-corrected chi connectivity index (χ4v) is 4.47. The van der Waals surface area contributed by atoms with E-state index in [2.05, 4.69) is 15.1 Å². The number of nitrogens with one attached hydrogen (secondary N) is 1. The van der Waals surface area contributed by atoms with E-state index in [9.17, 15) is 9.90 Å². The predicted octanol–water partition coefficient (Wildman–Crippen LogP) is 0.188. The van der Waals surface area contributed by atoms with Crippen LogP contribution in [-0.4, -0.2) is 71.7 Å². The lowest BCUT2D eigenvalue weighted by Gasteiger charge is -2.44. The largest absolute Gasteiger partial charge is 0.389 e. The Labute approximate surface area is 126 Å². The lowest BCUT2D eigenvalue weighted by atomic mass is 9.69. The van der Waals surface area contributed by atoms with Crippen LogP contribution in [-0.2, 0) is 4.79 Å². The summed E-state index contributed by atoms with van der Waals surface area (Å²) in [4.78, 5) is 17.3. The number of nitrogens with zero attached hydrogens (tertiary/aromatic N) is 2. The number of rotatable bonds is 4. The normalized spacial score (nSPS) is 39.2. The molecule has 5 aliphatic rings. The lowest BCUT2D eigenvalue weighted by molar-refractivity contribution is -0.130. The molecule has 0 aromatic rings. The molecular weight excluding hydrogens is 266 g/mol. The molecule has 1 amide bonds. The molecule has 3 atom stereocenters. The Morgan fingerprint density at radius 2 is 1.90 bits per heavy atom. The Balaban J connectivity index is 1.36. The Kier molecular flexibility index (Phi) is 3.28. The number of carbonyl (C=O) groups excluding carboxylic acids is 1. The van der Waals surface area contributed by atoms with Crippen molar-refractivity contribution in [2.24, 2.45) is 5.41 Å². The summed E-state index contributed by atoms with van der Waals surface area (Å²) in [6.07, 6.45) is 6.30. The van der Waals surface area contributed by atoms with Crippen molar-refractivity contribution in [1.82, 2.24) is 15.1 Å². The minimum atomic E-state index is -0.480. The molecule has 5 rings (SSSR count). The van der Waals surface area contributed by atoms with E-state index in [1.807, 2.05) is 0 Å². The summed E-state index contributed by atoms with van der Waals surface area (Å²) in [7, 11) is 0. The zero-order valence-corrected chi connectivity index (χ0v) is 12.8. The van der Waals surface area contributed by atoms with Gasteiger partial charge in [0.25, 0.3) is 0 Å². The Hall–Kier alpha value is -0.650. The van der Waals surface area contributed by atoms with E-state index in [1.54, 1.807) is 0 Å². The molecule has 3 aliphatic heterocycles. The monoisotopic (exact) mass is 293 g/mol. The van der Waals surface area contributed by atoms with Crippen molar-refractivity contribution in [3.05, 3.63) is 0 Å². The highest BCUT2D eigenvalue weighted by Crippen LogP contribution is 2.60. The first-order valence-corrected chi connectivity index (χ1v) is 8.59. The Morgan fingerprint density at radius 1 is 1.10 bits per heavy atom. The molecule has 3 saturated heterocycles. The van der Waals surface area contributed by atoms with Gasteiger partial charge in [-0.2, -0.15) is 0 Å².